The molecule has 0 aliphatic rings. The molecule has 220 valence electrons. The van der Waals surface area contributed by atoms with Gasteiger partial charge < -0.3 is 15.0 Å². The second-order valence-corrected chi connectivity index (χ2v) is 12.5. The van der Waals surface area contributed by atoms with Crippen LogP contribution in [0.25, 0.3) is 0 Å². The molecule has 0 aliphatic heterocycles. The van der Waals surface area contributed by atoms with Crippen molar-refractivity contribution >= 4 is 39.1 Å². The van der Waals surface area contributed by atoms with Crippen molar-refractivity contribution in [2.75, 3.05) is 24.2 Å². The third kappa shape index (κ3) is 9.50. The SMILES string of the molecule is COc1ccccc1N(CCCC(=O)N(Cc1ccc(Cl)cc1)C(Cc1ccccc1)C(=O)NC(C)C)S(C)(=O)=O. The lowest BCUT2D eigenvalue weighted by atomic mass is 10.0. The number of sulfonamides is 1. The van der Waals surface area contributed by atoms with Gasteiger partial charge in [0.15, 0.2) is 0 Å². The minimum atomic E-state index is -3.65. The van der Waals surface area contributed by atoms with Crippen molar-refractivity contribution in [3.05, 3.63) is 95.0 Å². The molecule has 0 radical (unpaired) electrons. The van der Waals surface area contributed by atoms with Crippen molar-refractivity contribution < 1.29 is 22.7 Å². The molecule has 0 saturated heterocycles. The Labute approximate surface area is 248 Å². The molecule has 1 N–H and O–H groups in total. The van der Waals surface area contributed by atoms with E-state index in [0.717, 1.165) is 17.4 Å². The fraction of sp³-hybridized carbons (Fsp3) is 0.355. The number of benzene rings is 3. The lowest BCUT2D eigenvalue weighted by molar-refractivity contribution is -0.141. The molecule has 3 aromatic rings. The highest BCUT2D eigenvalue weighted by molar-refractivity contribution is 7.92. The summed E-state index contributed by atoms with van der Waals surface area (Å²) in [5, 5.41) is 3.54. The van der Waals surface area contributed by atoms with Gasteiger partial charge in [-0.1, -0.05) is 66.2 Å². The van der Waals surface area contributed by atoms with Gasteiger partial charge in [0.25, 0.3) is 0 Å². The molecular weight excluding hydrogens is 562 g/mol. The summed E-state index contributed by atoms with van der Waals surface area (Å²) in [6.07, 6.45) is 1.73. The minimum Gasteiger partial charge on any atom is -0.495 e. The van der Waals surface area contributed by atoms with Crippen molar-refractivity contribution in [1.82, 2.24) is 10.2 Å². The summed E-state index contributed by atoms with van der Waals surface area (Å²) in [4.78, 5) is 28.9. The van der Waals surface area contributed by atoms with E-state index in [2.05, 4.69) is 5.32 Å². The topological polar surface area (TPSA) is 96.0 Å². The van der Waals surface area contributed by atoms with E-state index in [9.17, 15) is 18.0 Å². The Bertz CT molecular complexity index is 1400. The van der Waals surface area contributed by atoms with Crippen LogP contribution in [0, 0.1) is 0 Å². The molecule has 0 aliphatic carbocycles. The predicted molar refractivity (Wildman–Crippen MR) is 164 cm³/mol. The number of nitrogens with one attached hydrogen (secondary N) is 1. The third-order valence-electron chi connectivity index (χ3n) is 6.47. The highest BCUT2D eigenvalue weighted by Crippen LogP contribution is 2.30. The first kappa shape index (κ1) is 32.0. The van der Waals surface area contributed by atoms with Crippen LogP contribution in [0.15, 0.2) is 78.9 Å². The first-order valence-corrected chi connectivity index (χ1v) is 15.7. The van der Waals surface area contributed by atoms with Gasteiger partial charge in [-0.25, -0.2) is 8.42 Å². The van der Waals surface area contributed by atoms with E-state index < -0.39 is 16.1 Å². The summed E-state index contributed by atoms with van der Waals surface area (Å²) >= 11 is 6.09. The molecule has 0 saturated carbocycles. The van der Waals surface area contributed by atoms with Crippen molar-refractivity contribution in [1.29, 1.82) is 0 Å². The maximum absolute atomic E-state index is 13.9. The lowest BCUT2D eigenvalue weighted by Gasteiger charge is -2.32. The Morgan fingerprint density at radius 1 is 0.927 bits per heavy atom. The van der Waals surface area contributed by atoms with Crippen molar-refractivity contribution in [3.63, 3.8) is 0 Å². The zero-order valence-corrected chi connectivity index (χ0v) is 25.5. The van der Waals surface area contributed by atoms with E-state index in [1.54, 1.807) is 41.3 Å². The average molecular weight is 600 g/mol. The average Bonchev–Trinajstić information content (AvgIpc) is 2.93. The summed E-state index contributed by atoms with van der Waals surface area (Å²) in [7, 11) is -2.17. The maximum atomic E-state index is 13.9. The molecule has 41 heavy (non-hydrogen) atoms. The van der Waals surface area contributed by atoms with Gasteiger partial charge in [-0.3, -0.25) is 13.9 Å². The number of anilines is 1. The molecule has 1 atom stereocenters. The number of ether oxygens (including phenoxy) is 1. The monoisotopic (exact) mass is 599 g/mol. The molecule has 1 unspecified atom stereocenters. The van der Waals surface area contributed by atoms with Gasteiger partial charge in [-0.2, -0.15) is 0 Å². The number of hydrogen-bond acceptors (Lipinski definition) is 5. The summed E-state index contributed by atoms with van der Waals surface area (Å²) in [6.45, 7) is 4.02. The smallest absolute Gasteiger partial charge is 0.243 e. The van der Waals surface area contributed by atoms with E-state index in [1.807, 2.05) is 56.3 Å². The molecule has 10 heteroatoms. The number of carbonyl (C=O) groups excluding carboxylic acids is 2. The molecule has 8 nitrogen and oxygen atoms in total. The van der Waals surface area contributed by atoms with Gasteiger partial charge in [0.1, 0.15) is 11.8 Å². The van der Waals surface area contributed by atoms with Crippen molar-refractivity contribution in [3.8, 4) is 5.75 Å². The van der Waals surface area contributed by atoms with Crippen LogP contribution in [0.5, 0.6) is 5.75 Å². The predicted octanol–water partition coefficient (Wildman–Crippen LogP) is 5.06. The van der Waals surface area contributed by atoms with Crippen LogP contribution in [0.3, 0.4) is 0 Å². The zero-order chi connectivity index (χ0) is 30.0. The number of nitrogens with zero attached hydrogens (tertiary/aromatic N) is 2. The van der Waals surface area contributed by atoms with Crippen LogP contribution >= 0.6 is 11.6 Å². The zero-order valence-electron chi connectivity index (χ0n) is 23.9. The van der Waals surface area contributed by atoms with Crippen LogP contribution in [-0.4, -0.2) is 57.1 Å². The Morgan fingerprint density at radius 2 is 1.56 bits per heavy atom. The van der Waals surface area contributed by atoms with Gasteiger partial charge in [-0.05, 0) is 55.7 Å². The van der Waals surface area contributed by atoms with E-state index in [1.165, 1.54) is 11.4 Å². The molecule has 3 aromatic carbocycles. The molecule has 0 aromatic heterocycles. The van der Waals surface area contributed by atoms with Crippen molar-refractivity contribution in [2.45, 2.75) is 51.7 Å². The van der Waals surface area contributed by atoms with Crippen LogP contribution in [0.2, 0.25) is 5.02 Å². The highest BCUT2D eigenvalue weighted by Gasteiger charge is 2.31. The Kier molecular flexibility index (Phi) is 11.6. The largest absolute Gasteiger partial charge is 0.495 e. The van der Waals surface area contributed by atoms with Crippen LogP contribution < -0.4 is 14.4 Å². The fourth-order valence-electron chi connectivity index (χ4n) is 4.54. The number of rotatable bonds is 14. The highest BCUT2D eigenvalue weighted by atomic mass is 35.5. The Hall–Kier alpha value is -3.56. The van der Waals surface area contributed by atoms with Crippen LogP contribution in [-0.2, 0) is 32.6 Å². The van der Waals surface area contributed by atoms with Gasteiger partial charge in [0.2, 0.25) is 21.8 Å². The first-order valence-electron chi connectivity index (χ1n) is 13.5. The van der Waals surface area contributed by atoms with Gasteiger partial charge in [0.05, 0.1) is 19.1 Å². The molecule has 0 heterocycles. The number of para-hydroxylation sites is 2. The number of methoxy groups -OCH3 is 1. The molecule has 0 spiro atoms. The van der Waals surface area contributed by atoms with E-state index >= 15 is 0 Å². The summed E-state index contributed by atoms with van der Waals surface area (Å²) in [5.41, 5.74) is 2.15. The molecule has 0 fully saturated rings. The molecular formula is C31H38ClN3O5S. The fourth-order valence-corrected chi connectivity index (χ4v) is 5.63. The second kappa shape index (κ2) is 14.9. The molecule has 3 rings (SSSR count). The standard InChI is InChI=1S/C31H38ClN3O5S/c1-23(2)33-31(37)28(21-24-11-6-5-7-12-24)34(22-25-16-18-26(32)19-17-25)30(36)15-10-20-35(41(4,38)39)27-13-8-9-14-29(27)40-3/h5-9,11-14,16-19,23,28H,10,15,20-22H2,1-4H3,(H,33,37). The molecule has 2 amide bonds. The van der Waals surface area contributed by atoms with E-state index in [-0.39, 0.29) is 43.8 Å². The van der Waals surface area contributed by atoms with Gasteiger partial charge in [-0.15, -0.1) is 0 Å². The Morgan fingerprint density at radius 3 is 2.17 bits per heavy atom. The third-order valence-corrected chi connectivity index (χ3v) is 7.91. The van der Waals surface area contributed by atoms with Gasteiger partial charge >= 0.3 is 0 Å². The lowest BCUT2D eigenvalue weighted by Crippen LogP contribution is -2.51. The number of amides is 2. The number of carbonyl (C=O) groups is 2. The minimum absolute atomic E-state index is 0.0367. The quantitative estimate of drug-likeness (QED) is 0.279. The second-order valence-electron chi connectivity index (χ2n) is 10.1. The van der Waals surface area contributed by atoms with Crippen LogP contribution in [0.1, 0.15) is 37.8 Å². The Balaban J connectivity index is 1.89. The number of hydrogen-bond donors (Lipinski definition) is 1. The first-order chi connectivity index (χ1) is 19.5. The van der Waals surface area contributed by atoms with Crippen molar-refractivity contribution in [2.24, 2.45) is 0 Å². The summed E-state index contributed by atoms with van der Waals surface area (Å²) < 4.78 is 32.0. The van der Waals surface area contributed by atoms with Gasteiger partial charge in [0, 0.05) is 37.0 Å². The summed E-state index contributed by atoms with van der Waals surface area (Å²) in [5.74, 6) is -0.0897. The molecule has 0 bridgehead atoms. The normalized spacial score (nSPS) is 12.0. The summed E-state index contributed by atoms with van der Waals surface area (Å²) in [6, 6.07) is 22.7. The van der Waals surface area contributed by atoms with E-state index in [4.69, 9.17) is 16.3 Å². The maximum Gasteiger partial charge on any atom is 0.243 e. The number of halogens is 1. The van der Waals surface area contributed by atoms with E-state index in [0.29, 0.717) is 22.9 Å². The van der Waals surface area contributed by atoms with Crippen LogP contribution in [0.4, 0.5) is 5.69 Å².